The number of ether oxygens (including phenoxy) is 1. The molecule has 0 radical (unpaired) electrons. The number of aromatic nitrogens is 1. The minimum atomic E-state index is -0.564. The molecule has 30 heavy (non-hydrogen) atoms. The number of hydrogen-bond acceptors (Lipinski definition) is 5. The highest BCUT2D eigenvalue weighted by atomic mass is 16.5. The lowest BCUT2D eigenvalue weighted by Crippen LogP contribution is -2.44. The molecule has 1 saturated heterocycles. The lowest BCUT2D eigenvalue weighted by atomic mass is 10.0. The molecule has 1 aliphatic heterocycles. The molecule has 0 bridgehead atoms. The van der Waals surface area contributed by atoms with Gasteiger partial charge in [-0.2, -0.15) is 0 Å². The molecule has 0 aliphatic carbocycles. The van der Waals surface area contributed by atoms with Crippen molar-refractivity contribution >= 4 is 5.91 Å². The van der Waals surface area contributed by atoms with E-state index >= 15 is 0 Å². The van der Waals surface area contributed by atoms with Crippen LogP contribution in [0.15, 0.2) is 66.9 Å². The van der Waals surface area contributed by atoms with Crippen molar-refractivity contribution in [1.29, 1.82) is 0 Å². The van der Waals surface area contributed by atoms with Gasteiger partial charge < -0.3 is 20.7 Å². The fraction of sp³-hybridized carbons (Fsp3) is 0.250. The normalized spacial score (nSPS) is 14.4. The van der Waals surface area contributed by atoms with Crippen molar-refractivity contribution in [1.82, 2.24) is 15.2 Å². The lowest BCUT2D eigenvalue weighted by molar-refractivity contribution is 0.0997. The van der Waals surface area contributed by atoms with Gasteiger partial charge in [-0.3, -0.25) is 4.79 Å². The maximum atomic E-state index is 11.6. The number of amides is 1. The van der Waals surface area contributed by atoms with E-state index in [0.29, 0.717) is 5.75 Å². The Hall–Kier alpha value is -3.22. The SMILES string of the molecule is NC(=O)c1cccnc1Oc1cccc(-c2ccc(CCN3CCNCC3)cc2)c1. The first-order valence-corrected chi connectivity index (χ1v) is 10.2. The van der Waals surface area contributed by atoms with E-state index in [1.165, 1.54) is 5.56 Å². The highest BCUT2D eigenvalue weighted by Gasteiger charge is 2.12. The number of rotatable bonds is 7. The number of primary amides is 1. The highest BCUT2D eigenvalue weighted by molar-refractivity contribution is 5.95. The van der Waals surface area contributed by atoms with Crippen LogP contribution in [0.1, 0.15) is 15.9 Å². The largest absolute Gasteiger partial charge is 0.438 e. The van der Waals surface area contributed by atoms with Crippen LogP contribution in [0.3, 0.4) is 0 Å². The summed E-state index contributed by atoms with van der Waals surface area (Å²) in [4.78, 5) is 18.2. The fourth-order valence-electron chi connectivity index (χ4n) is 3.60. The zero-order chi connectivity index (χ0) is 20.8. The van der Waals surface area contributed by atoms with Gasteiger partial charge in [-0.15, -0.1) is 0 Å². The van der Waals surface area contributed by atoms with Gasteiger partial charge in [0.2, 0.25) is 5.88 Å². The smallest absolute Gasteiger partial charge is 0.254 e. The molecule has 1 aliphatic rings. The molecule has 4 rings (SSSR count). The molecule has 6 heteroatoms. The van der Waals surface area contributed by atoms with Gasteiger partial charge in [-0.1, -0.05) is 36.4 Å². The maximum Gasteiger partial charge on any atom is 0.254 e. The van der Waals surface area contributed by atoms with E-state index in [4.69, 9.17) is 10.5 Å². The van der Waals surface area contributed by atoms with Crippen LogP contribution in [0.2, 0.25) is 0 Å². The van der Waals surface area contributed by atoms with Crippen molar-refractivity contribution in [3.05, 3.63) is 78.0 Å². The average Bonchev–Trinajstić information content (AvgIpc) is 2.79. The number of nitrogens with zero attached hydrogens (tertiary/aromatic N) is 2. The third-order valence-electron chi connectivity index (χ3n) is 5.30. The standard InChI is InChI=1S/C24H26N4O2/c25-23(29)22-5-2-11-27-24(22)30-21-4-1-3-20(17-21)19-8-6-18(7-9-19)10-14-28-15-12-26-13-16-28/h1-9,11,17,26H,10,12-16H2,(H2,25,29). The molecule has 2 heterocycles. The Morgan fingerprint density at radius 3 is 2.60 bits per heavy atom. The molecule has 1 amide bonds. The van der Waals surface area contributed by atoms with Crippen LogP contribution >= 0.6 is 0 Å². The molecule has 1 aromatic heterocycles. The Bertz CT molecular complexity index is 998. The molecule has 0 atom stereocenters. The molecule has 154 valence electrons. The van der Waals surface area contributed by atoms with Crippen molar-refractivity contribution in [2.24, 2.45) is 5.73 Å². The third kappa shape index (κ3) is 5.03. The average molecular weight is 402 g/mol. The fourth-order valence-corrected chi connectivity index (χ4v) is 3.60. The number of nitrogens with one attached hydrogen (secondary N) is 1. The Balaban J connectivity index is 1.44. The van der Waals surface area contributed by atoms with E-state index in [1.807, 2.05) is 24.3 Å². The summed E-state index contributed by atoms with van der Waals surface area (Å²) in [5.41, 5.74) is 9.16. The summed E-state index contributed by atoms with van der Waals surface area (Å²) in [5.74, 6) is 0.257. The number of carbonyl (C=O) groups excluding carboxylic acids is 1. The Labute approximate surface area is 176 Å². The van der Waals surface area contributed by atoms with Crippen LogP contribution in [-0.2, 0) is 6.42 Å². The van der Waals surface area contributed by atoms with Crippen molar-refractivity contribution in [3.8, 4) is 22.8 Å². The Morgan fingerprint density at radius 1 is 1.03 bits per heavy atom. The molecular formula is C24H26N4O2. The van der Waals surface area contributed by atoms with Gasteiger partial charge in [-0.05, 0) is 47.4 Å². The summed E-state index contributed by atoms with van der Waals surface area (Å²) in [6.07, 6.45) is 2.63. The quantitative estimate of drug-likeness (QED) is 0.635. The first-order chi connectivity index (χ1) is 14.7. The second kappa shape index (κ2) is 9.52. The van der Waals surface area contributed by atoms with Gasteiger partial charge in [0.15, 0.2) is 0 Å². The van der Waals surface area contributed by atoms with Gasteiger partial charge in [0, 0.05) is 38.9 Å². The number of nitrogens with two attached hydrogens (primary N) is 1. The van der Waals surface area contributed by atoms with Crippen molar-refractivity contribution < 1.29 is 9.53 Å². The van der Waals surface area contributed by atoms with Gasteiger partial charge in [0.25, 0.3) is 5.91 Å². The molecule has 1 fully saturated rings. The number of piperazine rings is 1. The van der Waals surface area contributed by atoms with E-state index in [2.05, 4.69) is 39.5 Å². The zero-order valence-electron chi connectivity index (χ0n) is 16.9. The minimum Gasteiger partial charge on any atom is -0.438 e. The Morgan fingerprint density at radius 2 is 1.83 bits per heavy atom. The molecule has 2 aromatic carbocycles. The molecule has 3 aromatic rings. The van der Waals surface area contributed by atoms with Crippen LogP contribution in [0.5, 0.6) is 11.6 Å². The third-order valence-corrected chi connectivity index (χ3v) is 5.30. The summed E-state index contributed by atoms with van der Waals surface area (Å²) >= 11 is 0. The molecule has 0 spiro atoms. The van der Waals surface area contributed by atoms with Gasteiger partial charge in [-0.25, -0.2) is 4.98 Å². The van der Waals surface area contributed by atoms with E-state index in [1.54, 1.807) is 18.3 Å². The highest BCUT2D eigenvalue weighted by Crippen LogP contribution is 2.28. The van der Waals surface area contributed by atoms with Crippen LogP contribution in [-0.4, -0.2) is 48.5 Å². The summed E-state index contributed by atoms with van der Waals surface area (Å²) in [7, 11) is 0. The molecule has 6 nitrogen and oxygen atoms in total. The molecule has 3 N–H and O–H groups in total. The van der Waals surface area contributed by atoms with Crippen molar-refractivity contribution in [2.75, 3.05) is 32.7 Å². The van der Waals surface area contributed by atoms with Crippen LogP contribution in [0, 0.1) is 0 Å². The summed E-state index contributed by atoms with van der Waals surface area (Å²) in [5, 5.41) is 3.39. The van der Waals surface area contributed by atoms with Gasteiger partial charge >= 0.3 is 0 Å². The predicted octanol–water partition coefficient (Wildman–Crippen LogP) is 3.09. The lowest BCUT2D eigenvalue weighted by Gasteiger charge is -2.27. The number of hydrogen-bond donors (Lipinski definition) is 2. The maximum absolute atomic E-state index is 11.6. The minimum absolute atomic E-state index is 0.213. The zero-order valence-corrected chi connectivity index (χ0v) is 16.9. The second-order valence-corrected chi connectivity index (χ2v) is 7.39. The van der Waals surface area contributed by atoms with E-state index in [9.17, 15) is 4.79 Å². The van der Waals surface area contributed by atoms with E-state index < -0.39 is 5.91 Å². The molecule has 0 unspecified atom stereocenters. The van der Waals surface area contributed by atoms with Crippen LogP contribution < -0.4 is 15.8 Å². The summed E-state index contributed by atoms with van der Waals surface area (Å²) in [6, 6.07) is 19.7. The van der Waals surface area contributed by atoms with Crippen LogP contribution in [0.25, 0.3) is 11.1 Å². The molecule has 0 saturated carbocycles. The van der Waals surface area contributed by atoms with Crippen molar-refractivity contribution in [2.45, 2.75) is 6.42 Å². The monoisotopic (exact) mass is 402 g/mol. The first-order valence-electron chi connectivity index (χ1n) is 10.2. The van der Waals surface area contributed by atoms with E-state index in [0.717, 1.165) is 50.3 Å². The number of carbonyl (C=O) groups is 1. The van der Waals surface area contributed by atoms with Crippen molar-refractivity contribution in [3.63, 3.8) is 0 Å². The van der Waals surface area contributed by atoms with Gasteiger partial charge in [0.1, 0.15) is 11.3 Å². The van der Waals surface area contributed by atoms with E-state index in [-0.39, 0.29) is 11.4 Å². The number of pyridine rings is 1. The second-order valence-electron chi connectivity index (χ2n) is 7.39. The summed E-state index contributed by atoms with van der Waals surface area (Å²) in [6.45, 7) is 5.50. The predicted molar refractivity (Wildman–Crippen MR) is 118 cm³/mol. The first kappa shape index (κ1) is 20.1. The van der Waals surface area contributed by atoms with Gasteiger partial charge in [0.05, 0.1) is 0 Å². The number of benzene rings is 2. The van der Waals surface area contributed by atoms with Crippen LogP contribution in [0.4, 0.5) is 0 Å². The topological polar surface area (TPSA) is 80.5 Å². The molecular weight excluding hydrogens is 376 g/mol. The summed E-state index contributed by atoms with van der Waals surface area (Å²) < 4.78 is 5.84. The Kier molecular flexibility index (Phi) is 6.37.